The van der Waals surface area contributed by atoms with Gasteiger partial charge >= 0.3 is 0 Å². The van der Waals surface area contributed by atoms with Gasteiger partial charge in [-0.15, -0.1) is 10.2 Å². The Bertz CT molecular complexity index is 839. The van der Waals surface area contributed by atoms with Gasteiger partial charge in [-0.3, -0.25) is 14.5 Å². The van der Waals surface area contributed by atoms with Gasteiger partial charge in [0.15, 0.2) is 0 Å². The highest BCUT2D eigenvalue weighted by molar-refractivity contribution is 5.97. The van der Waals surface area contributed by atoms with Crippen molar-refractivity contribution < 1.29 is 14.0 Å². The second-order valence-corrected chi connectivity index (χ2v) is 7.80. The Morgan fingerprint density at radius 2 is 1.97 bits per heavy atom. The van der Waals surface area contributed by atoms with E-state index in [1.165, 1.54) is 31.8 Å². The van der Waals surface area contributed by atoms with Crippen LogP contribution >= 0.6 is 0 Å². The topological polar surface area (TPSA) is 96.5 Å². The van der Waals surface area contributed by atoms with Crippen LogP contribution in [0.25, 0.3) is 0 Å². The predicted octanol–water partition coefficient (Wildman–Crippen LogP) is 1.06. The highest BCUT2D eigenvalue weighted by Crippen LogP contribution is 2.16. The van der Waals surface area contributed by atoms with E-state index in [9.17, 15) is 9.59 Å². The van der Waals surface area contributed by atoms with Gasteiger partial charge in [0.1, 0.15) is 24.0 Å². The molecule has 29 heavy (non-hydrogen) atoms. The first-order chi connectivity index (χ1) is 14.1. The Balaban J connectivity index is 1.27. The number of furan rings is 1. The molecule has 2 aliphatic rings. The smallest absolute Gasteiger partial charge is 0.255 e. The lowest BCUT2D eigenvalue weighted by molar-refractivity contribution is -0.134. The molecule has 1 N–H and O–H groups in total. The molecule has 0 aromatic carbocycles. The molecule has 2 aromatic rings. The lowest BCUT2D eigenvalue weighted by Gasteiger charge is -2.35. The average molecular weight is 400 g/mol. The monoisotopic (exact) mass is 400 g/mol. The van der Waals surface area contributed by atoms with E-state index >= 15 is 0 Å². The minimum absolute atomic E-state index is 0.0576. The van der Waals surface area contributed by atoms with Gasteiger partial charge in [0.25, 0.3) is 5.91 Å². The number of aromatic nitrogens is 3. The summed E-state index contributed by atoms with van der Waals surface area (Å²) in [7, 11) is 0. The molecule has 0 aliphatic carbocycles. The minimum Gasteiger partial charge on any atom is -0.472 e. The summed E-state index contributed by atoms with van der Waals surface area (Å²) in [6.45, 7) is 6.36. The standard InChI is InChI=1S/C20H28N6O3/c1-15(21-19(27)16-6-12-29-14-16)20(28)25-10-8-24(9-11-25)13-18-23-22-17-5-3-2-4-7-26(17)18/h6,12,14-15H,2-5,7-11,13H2,1H3,(H,21,27)/t15-/m1/s1. The number of nitrogens with zero attached hydrogens (tertiary/aromatic N) is 5. The fourth-order valence-electron chi connectivity index (χ4n) is 4.00. The molecule has 2 amide bonds. The first kappa shape index (κ1) is 19.6. The maximum atomic E-state index is 12.7. The lowest BCUT2D eigenvalue weighted by atomic mass is 10.2. The second kappa shape index (κ2) is 8.77. The number of carbonyl (C=O) groups is 2. The Morgan fingerprint density at radius 3 is 2.72 bits per heavy atom. The van der Waals surface area contributed by atoms with Crippen LogP contribution in [0.3, 0.4) is 0 Å². The number of fused-ring (bicyclic) bond motifs is 1. The molecule has 0 spiro atoms. The van der Waals surface area contributed by atoms with Gasteiger partial charge in [0.05, 0.1) is 18.4 Å². The number of carbonyl (C=O) groups excluding carboxylic acids is 2. The molecule has 1 saturated heterocycles. The Kier molecular flexibility index (Phi) is 5.94. The van der Waals surface area contributed by atoms with Crippen LogP contribution in [0.5, 0.6) is 0 Å². The molecule has 9 heteroatoms. The lowest BCUT2D eigenvalue weighted by Crippen LogP contribution is -2.54. The number of piperazine rings is 1. The molecular weight excluding hydrogens is 372 g/mol. The van der Waals surface area contributed by atoms with Crippen LogP contribution in [0.2, 0.25) is 0 Å². The number of amides is 2. The third-order valence-electron chi connectivity index (χ3n) is 5.74. The maximum Gasteiger partial charge on any atom is 0.255 e. The zero-order valence-electron chi connectivity index (χ0n) is 16.8. The quantitative estimate of drug-likeness (QED) is 0.806. The fraction of sp³-hybridized carbons (Fsp3) is 0.600. The first-order valence-electron chi connectivity index (χ1n) is 10.4. The SMILES string of the molecule is C[C@@H](NC(=O)c1ccoc1)C(=O)N1CCN(Cc2nnc3n2CCCCC3)CC1. The van der Waals surface area contributed by atoms with Crippen molar-refractivity contribution in [1.82, 2.24) is 29.9 Å². The number of aryl methyl sites for hydroxylation is 1. The summed E-state index contributed by atoms with van der Waals surface area (Å²) in [6.07, 6.45) is 7.44. The van der Waals surface area contributed by atoms with Crippen molar-refractivity contribution in [2.75, 3.05) is 26.2 Å². The Morgan fingerprint density at radius 1 is 1.14 bits per heavy atom. The van der Waals surface area contributed by atoms with Gasteiger partial charge in [0.2, 0.25) is 5.91 Å². The molecule has 1 atom stereocenters. The molecule has 9 nitrogen and oxygen atoms in total. The number of hydrogen-bond donors (Lipinski definition) is 1. The zero-order chi connectivity index (χ0) is 20.2. The summed E-state index contributed by atoms with van der Waals surface area (Å²) in [5.41, 5.74) is 0.418. The van der Waals surface area contributed by atoms with Gasteiger partial charge in [-0.05, 0) is 25.8 Å². The van der Waals surface area contributed by atoms with Crippen LogP contribution in [-0.4, -0.2) is 68.6 Å². The molecule has 2 aliphatic heterocycles. The van der Waals surface area contributed by atoms with E-state index in [0.29, 0.717) is 18.7 Å². The van der Waals surface area contributed by atoms with E-state index in [1.807, 2.05) is 4.90 Å². The molecule has 0 radical (unpaired) electrons. The molecule has 0 saturated carbocycles. The first-order valence-corrected chi connectivity index (χ1v) is 10.4. The van der Waals surface area contributed by atoms with Crippen molar-refractivity contribution in [3.05, 3.63) is 35.8 Å². The van der Waals surface area contributed by atoms with Crippen LogP contribution in [-0.2, 0) is 24.3 Å². The largest absolute Gasteiger partial charge is 0.472 e. The van der Waals surface area contributed by atoms with Crippen LogP contribution in [0.15, 0.2) is 23.0 Å². The molecule has 156 valence electrons. The van der Waals surface area contributed by atoms with Crippen LogP contribution < -0.4 is 5.32 Å². The van der Waals surface area contributed by atoms with Gasteiger partial charge in [-0.2, -0.15) is 0 Å². The maximum absolute atomic E-state index is 12.7. The molecule has 4 heterocycles. The van der Waals surface area contributed by atoms with Crippen LogP contribution in [0.1, 0.15) is 48.2 Å². The fourth-order valence-corrected chi connectivity index (χ4v) is 4.00. The van der Waals surface area contributed by atoms with E-state index in [2.05, 4.69) is 25.0 Å². The van der Waals surface area contributed by atoms with E-state index in [1.54, 1.807) is 13.0 Å². The average Bonchev–Trinajstić information content (AvgIpc) is 3.33. The van der Waals surface area contributed by atoms with Crippen molar-refractivity contribution in [2.24, 2.45) is 0 Å². The number of hydrogen-bond acceptors (Lipinski definition) is 6. The van der Waals surface area contributed by atoms with Crippen LogP contribution in [0, 0.1) is 0 Å². The molecule has 0 bridgehead atoms. The van der Waals surface area contributed by atoms with E-state index < -0.39 is 6.04 Å². The summed E-state index contributed by atoms with van der Waals surface area (Å²) in [5.74, 6) is 1.78. The van der Waals surface area contributed by atoms with Gasteiger partial charge in [-0.25, -0.2) is 0 Å². The van der Waals surface area contributed by atoms with E-state index in [0.717, 1.165) is 44.2 Å². The molecular formula is C20H28N6O3. The predicted molar refractivity (Wildman–Crippen MR) is 105 cm³/mol. The van der Waals surface area contributed by atoms with E-state index in [4.69, 9.17) is 4.42 Å². The molecule has 4 rings (SSSR count). The summed E-state index contributed by atoms with van der Waals surface area (Å²) in [5, 5.41) is 11.5. The van der Waals surface area contributed by atoms with E-state index in [-0.39, 0.29) is 11.8 Å². The summed E-state index contributed by atoms with van der Waals surface area (Å²) < 4.78 is 7.19. The third-order valence-corrected chi connectivity index (χ3v) is 5.74. The van der Waals surface area contributed by atoms with Gasteiger partial charge in [-0.1, -0.05) is 6.42 Å². The minimum atomic E-state index is -0.573. The second-order valence-electron chi connectivity index (χ2n) is 7.80. The van der Waals surface area contributed by atoms with Crippen molar-refractivity contribution in [3.8, 4) is 0 Å². The van der Waals surface area contributed by atoms with Crippen molar-refractivity contribution in [1.29, 1.82) is 0 Å². The highest BCUT2D eigenvalue weighted by atomic mass is 16.3. The van der Waals surface area contributed by atoms with Crippen molar-refractivity contribution in [2.45, 2.75) is 51.7 Å². The zero-order valence-corrected chi connectivity index (χ0v) is 16.8. The molecule has 0 unspecified atom stereocenters. The number of nitrogens with one attached hydrogen (secondary N) is 1. The summed E-state index contributed by atoms with van der Waals surface area (Å²) in [4.78, 5) is 28.9. The van der Waals surface area contributed by atoms with Crippen molar-refractivity contribution in [3.63, 3.8) is 0 Å². The highest BCUT2D eigenvalue weighted by Gasteiger charge is 2.27. The number of rotatable bonds is 5. The summed E-state index contributed by atoms with van der Waals surface area (Å²) >= 11 is 0. The van der Waals surface area contributed by atoms with Crippen molar-refractivity contribution >= 4 is 11.8 Å². The summed E-state index contributed by atoms with van der Waals surface area (Å²) in [6, 6.07) is 1.01. The molecule has 1 fully saturated rings. The third kappa shape index (κ3) is 4.50. The molecule has 2 aromatic heterocycles. The normalized spacial score (nSPS) is 18.7. The van der Waals surface area contributed by atoms with Gasteiger partial charge in [0, 0.05) is 39.1 Å². The van der Waals surface area contributed by atoms with Gasteiger partial charge < -0.3 is 19.2 Å². The van der Waals surface area contributed by atoms with Crippen LogP contribution in [0.4, 0.5) is 0 Å². The Hall–Kier alpha value is -2.68. The Labute approximate surface area is 170 Å².